The first kappa shape index (κ1) is 19.3. The quantitative estimate of drug-likeness (QED) is 0.223. The molecule has 0 fully saturated rings. The zero-order chi connectivity index (χ0) is 18.1. The van der Waals surface area contributed by atoms with Gasteiger partial charge in [0.15, 0.2) is 5.92 Å². The number of hydrogen-bond donors (Lipinski definition) is 0. The standard InChI is InChI=1S/C16H19NO7/c1-3-23-15(19)14(16(20)24-4-2)12(9-10-18)11-7-5-6-8-13(11)17(21)22/h5-8,10,12,14H,3-4,9H2,1-2H3/t12-/m0/s1. The number of hydrogen-bond acceptors (Lipinski definition) is 7. The van der Waals surface area contributed by atoms with Crippen LogP contribution in [-0.2, 0) is 23.9 Å². The van der Waals surface area contributed by atoms with E-state index in [-0.39, 0.29) is 30.9 Å². The fourth-order valence-electron chi connectivity index (χ4n) is 2.40. The summed E-state index contributed by atoms with van der Waals surface area (Å²) in [7, 11) is 0. The third-order valence-corrected chi connectivity index (χ3v) is 3.37. The number of carbonyl (C=O) groups is 3. The zero-order valence-corrected chi connectivity index (χ0v) is 13.5. The van der Waals surface area contributed by atoms with Crippen molar-refractivity contribution in [2.24, 2.45) is 5.92 Å². The smallest absolute Gasteiger partial charge is 0.320 e. The molecule has 1 atom stereocenters. The maximum absolute atomic E-state index is 12.2. The second-order valence-electron chi connectivity index (χ2n) is 4.81. The summed E-state index contributed by atoms with van der Waals surface area (Å²) in [5, 5.41) is 11.2. The Bertz CT molecular complexity index is 596. The van der Waals surface area contributed by atoms with Crippen molar-refractivity contribution in [2.75, 3.05) is 13.2 Å². The van der Waals surface area contributed by atoms with Gasteiger partial charge in [-0.2, -0.15) is 0 Å². The molecule has 0 unspecified atom stereocenters. The van der Waals surface area contributed by atoms with Crippen LogP contribution >= 0.6 is 0 Å². The van der Waals surface area contributed by atoms with Gasteiger partial charge in [-0.15, -0.1) is 0 Å². The molecule has 0 saturated heterocycles. The van der Waals surface area contributed by atoms with Crippen LogP contribution in [0.3, 0.4) is 0 Å². The number of nitro benzene ring substituents is 1. The molecule has 0 aliphatic carbocycles. The molecule has 0 heterocycles. The molecule has 8 nitrogen and oxygen atoms in total. The average Bonchev–Trinajstić information content (AvgIpc) is 2.55. The molecular formula is C16H19NO7. The topological polar surface area (TPSA) is 113 Å². The summed E-state index contributed by atoms with van der Waals surface area (Å²) in [5.74, 6) is -4.24. The Morgan fingerprint density at radius 1 is 1.17 bits per heavy atom. The minimum absolute atomic E-state index is 0.0272. The minimum Gasteiger partial charge on any atom is -0.465 e. The van der Waals surface area contributed by atoms with Crippen molar-refractivity contribution in [1.82, 2.24) is 0 Å². The maximum atomic E-state index is 12.2. The second-order valence-corrected chi connectivity index (χ2v) is 4.81. The highest BCUT2D eigenvalue weighted by atomic mass is 16.6. The van der Waals surface area contributed by atoms with E-state index < -0.39 is 28.7 Å². The Kier molecular flexibility index (Phi) is 7.54. The first-order valence-corrected chi connectivity index (χ1v) is 7.48. The molecule has 0 radical (unpaired) electrons. The number of aldehydes is 1. The molecule has 1 aromatic carbocycles. The SMILES string of the molecule is CCOC(=O)C(C(=O)OCC)[C@@H](CC=O)c1ccccc1[N+](=O)[O-]. The number of para-hydroxylation sites is 1. The van der Waals surface area contributed by atoms with Crippen molar-refractivity contribution in [2.45, 2.75) is 26.2 Å². The zero-order valence-electron chi connectivity index (χ0n) is 13.5. The van der Waals surface area contributed by atoms with Crippen LogP contribution in [0.25, 0.3) is 0 Å². The van der Waals surface area contributed by atoms with E-state index in [1.54, 1.807) is 13.8 Å². The van der Waals surface area contributed by atoms with E-state index >= 15 is 0 Å². The number of rotatable bonds is 9. The summed E-state index contributed by atoms with van der Waals surface area (Å²) >= 11 is 0. The Labute approximate surface area is 138 Å². The first-order chi connectivity index (χ1) is 11.5. The van der Waals surface area contributed by atoms with Gasteiger partial charge in [0.05, 0.1) is 18.1 Å². The summed E-state index contributed by atoms with van der Waals surface area (Å²) < 4.78 is 9.79. The molecular weight excluding hydrogens is 318 g/mol. The van der Waals surface area contributed by atoms with E-state index in [2.05, 4.69) is 0 Å². The van der Waals surface area contributed by atoms with E-state index in [0.29, 0.717) is 6.29 Å². The molecule has 0 aromatic heterocycles. The Hall–Kier alpha value is -2.77. The highest BCUT2D eigenvalue weighted by Gasteiger charge is 2.40. The number of carbonyl (C=O) groups excluding carboxylic acids is 3. The fraction of sp³-hybridized carbons (Fsp3) is 0.438. The third kappa shape index (κ3) is 4.61. The molecule has 8 heteroatoms. The number of nitrogens with zero attached hydrogens (tertiary/aromatic N) is 1. The van der Waals surface area contributed by atoms with Crippen molar-refractivity contribution in [3.8, 4) is 0 Å². The molecule has 24 heavy (non-hydrogen) atoms. The van der Waals surface area contributed by atoms with Crippen LogP contribution in [0.2, 0.25) is 0 Å². The van der Waals surface area contributed by atoms with Crippen LogP contribution in [0.4, 0.5) is 5.69 Å². The van der Waals surface area contributed by atoms with E-state index in [0.717, 1.165) is 0 Å². The van der Waals surface area contributed by atoms with Gasteiger partial charge in [-0.3, -0.25) is 19.7 Å². The number of nitro groups is 1. The highest BCUT2D eigenvalue weighted by Crippen LogP contribution is 2.35. The van der Waals surface area contributed by atoms with Crippen LogP contribution in [0.5, 0.6) is 0 Å². The van der Waals surface area contributed by atoms with Gasteiger partial charge < -0.3 is 14.3 Å². The molecule has 130 valence electrons. The van der Waals surface area contributed by atoms with E-state index in [1.165, 1.54) is 24.3 Å². The highest BCUT2D eigenvalue weighted by molar-refractivity contribution is 5.96. The third-order valence-electron chi connectivity index (χ3n) is 3.37. The Morgan fingerprint density at radius 2 is 1.71 bits per heavy atom. The van der Waals surface area contributed by atoms with E-state index in [4.69, 9.17) is 9.47 Å². The Morgan fingerprint density at radius 3 is 2.17 bits per heavy atom. The van der Waals surface area contributed by atoms with Crippen molar-refractivity contribution < 1.29 is 28.8 Å². The van der Waals surface area contributed by atoms with Crippen LogP contribution < -0.4 is 0 Å². The predicted octanol–water partition coefficient (Wildman–Crippen LogP) is 2.01. The summed E-state index contributed by atoms with van der Waals surface area (Å²) in [6, 6.07) is 5.66. The predicted molar refractivity (Wildman–Crippen MR) is 83.3 cm³/mol. The van der Waals surface area contributed by atoms with Crippen LogP contribution in [0, 0.1) is 16.0 Å². The van der Waals surface area contributed by atoms with E-state index in [9.17, 15) is 24.5 Å². The molecule has 0 saturated carbocycles. The first-order valence-electron chi connectivity index (χ1n) is 7.48. The van der Waals surface area contributed by atoms with Gasteiger partial charge in [-0.25, -0.2) is 0 Å². The lowest BCUT2D eigenvalue weighted by Crippen LogP contribution is -2.34. The fourth-order valence-corrected chi connectivity index (χ4v) is 2.40. The largest absolute Gasteiger partial charge is 0.465 e. The second kappa shape index (κ2) is 9.39. The monoisotopic (exact) mass is 337 g/mol. The summed E-state index contributed by atoms with van der Waals surface area (Å²) in [5.41, 5.74) is -0.163. The molecule has 0 amide bonds. The van der Waals surface area contributed by atoms with Gasteiger partial charge >= 0.3 is 11.9 Å². The van der Waals surface area contributed by atoms with Gasteiger partial charge in [0.2, 0.25) is 0 Å². The summed E-state index contributed by atoms with van der Waals surface area (Å²) in [6.45, 7) is 3.19. The van der Waals surface area contributed by atoms with Gasteiger partial charge in [0, 0.05) is 24.0 Å². The van der Waals surface area contributed by atoms with Gasteiger partial charge in [-0.05, 0) is 13.8 Å². The van der Waals surface area contributed by atoms with Crippen molar-refractivity contribution in [3.63, 3.8) is 0 Å². The summed E-state index contributed by atoms with van der Waals surface area (Å²) in [6.07, 6.45) is 0.250. The average molecular weight is 337 g/mol. The lowest BCUT2D eigenvalue weighted by molar-refractivity contribution is -0.385. The van der Waals surface area contributed by atoms with Gasteiger partial charge in [0.1, 0.15) is 6.29 Å². The van der Waals surface area contributed by atoms with Crippen molar-refractivity contribution >= 4 is 23.9 Å². The van der Waals surface area contributed by atoms with Gasteiger partial charge in [-0.1, -0.05) is 18.2 Å². The number of esters is 2. The van der Waals surface area contributed by atoms with E-state index in [1.807, 2.05) is 0 Å². The minimum atomic E-state index is -1.45. The normalized spacial score (nSPS) is 11.6. The molecule has 0 bridgehead atoms. The molecule has 0 aliphatic rings. The Balaban J connectivity index is 3.40. The van der Waals surface area contributed by atoms with Gasteiger partial charge in [0.25, 0.3) is 5.69 Å². The lowest BCUT2D eigenvalue weighted by Gasteiger charge is -2.22. The molecule has 0 spiro atoms. The van der Waals surface area contributed by atoms with Crippen LogP contribution in [-0.4, -0.2) is 36.4 Å². The van der Waals surface area contributed by atoms with Crippen molar-refractivity contribution in [3.05, 3.63) is 39.9 Å². The van der Waals surface area contributed by atoms with Crippen LogP contribution in [0.15, 0.2) is 24.3 Å². The van der Waals surface area contributed by atoms with Crippen molar-refractivity contribution in [1.29, 1.82) is 0 Å². The number of benzene rings is 1. The molecule has 1 aromatic rings. The molecule has 0 N–H and O–H groups in total. The summed E-state index contributed by atoms with van der Waals surface area (Å²) in [4.78, 5) is 46.1. The lowest BCUT2D eigenvalue weighted by atomic mass is 9.83. The number of ether oxygens (including phenoxy) is 2. The maximum Gasteiger partial charge on any atom is 0.320 e. The molecule has 0 aliphatic heterocycles. The van der Waals surface area contributed by atoms with Crippen LogP contribution in [0.1, 0.15) is 31.7 Å². The molecule has 1 rings (SSSR count).